The molecule has 0 aliphatic heterocycles. The van der Waals surface area contributed by atoms with E-state index in [9.17, 15) is 15.3 Å². The van der Waals surface area contributed by atoms with Crippen LogP contribution in [0.3, 0.4) is 0 Å². The second-order valence-corrected chi connectivity index (χ2v) is 11.1. The van der Waals surface area contributed by atoms with Gasteiger partial charge in [-0.1, -0.05) is 49.1 Å². The second-order valence-electron chi connectivity index (χ2n) is 6.06. The minimum absolute atomic E-state index is 0.299. The molecule has 0 heterocycles. The maximum absolute atomic E-state index is 9.23. The maximum Gasteiger partial charge on any atom is 0.0884 e. The Morgan fingerprint density at radius 1 is 0.947 bits per heavy atom. The first-order valence-electron chi connectivity index (χ1n) is 6.54. The Morgan fingerprint density at radius 2 is 1.42 bits per heavy atom. The summed E-state index contributed by atoms with van der Waals surface area (Å²) in [6.07, 6.45) is 0. The Kier molecular flexibility index (Phi) is 5.70. The van der Waals surface area contributed by atoms with E-state index < -0.39 is 13.6 Å². The van der Waals surface area contributed by atoms with Gasteiger partial charge in [0.1, 0.15) is 0 Å². The number of rotatable bonds is 7. The van der Waals surface area contributed by atoms with E-state index in [0.29, 0.717) is 6.54 Å². The first-order chi connectivity index (χ1) is 8.87. The lowest BCUT2D eigenvalue weighted by atomic mass is 10.0. The molecule has 0 atom stereocenters. The Morgan fingerprint density at radius 3 is 1.79 bits per heavy atom. The summed E-state index contributed by atoms with van der Waals surface area (Å²) in [5.74, 6) is 0. The minimum atomic E-state index is -1.28. The highest BCUT2D eigenvalue weighted by atomic mass is 28.3. The van der Waals surface area contributed by atoms with E-state index in [1.807, 2.05) is 0 Å². The van der Waals surface area contributed by atoms with Crippen LogP contribution < -0.4 is 10.5 Å². The van der Waals surface area contributed by atoms with E-state index in [0.717, 1.165) is 5.56 Å². The fourth-order valence-corrected chi connectivity index (χ4v) is 2.90. The van der Waals surface area contributed by atoms with Crippen molar-refractivity contribution in [1.82, 2.24) is 5.32 Å². The van der Waals surface area contributed by atoms with Crippen LogP contribution in [0.1, 0.15) is 5.56 Å². The Balaban J connectivity index is 2.69. The molecule has 0 radical (unpaired) electrons. The van der Waals surface area contributed by atoms with Gasteiger partial charge in [0.25, 0.3) is 0 Å². The van der Waals surface area contributed by atoms with Crippen molar-refractivity contribution in [2.75, 3.05) is 19.8 Å². The number of nitrogens with one attached hydrogen (secondary N) is 1. The average molecular weight is 283 g/mol. The molecule has 4 nitrogen and oxygen atoms in total. The number of hydrogen-bond donors (Lipinski definition) is 4. The van der Waals surface area contributed by atoms with E-state index in [4.69, 9.17) is 0 Å². The van der Waals surface area contributed by atoms with Crippen molar-refractivity contribution in [2.24, 2.45) is 0 Å². The summed E-state index contributed by atoms with van der Waals surface area (Å²) in [6.45, 7) is 6.51. The third-order valence-corrected chi connectivity index (χ3v) is 5.46. The molecule has 0 saturated carbocycles. The molecular formula is C14H25NO3Si. The number of benzene rings is 1. The fourth-order valence-electron chi connectivity index (χ4n) is 1.73. The zero-order chi connectivity index (χ0) is 14.5. The summed E-state index contributed by atoms with van der Waals surface area (Å²) in [7, 11) is -1.28. The lowest BCUT2D eigenvalue weighted by Gasteiger charge is -2.29. The zero-order valence-corrected chi connectivity index (χ0v) is 13.0. The van der Waals surface area contributed by atoms with Gasteiger partial charge in [0.05, 0.1) is 33.4 Å². The summed E-state index contributed by atoms with van der Waals surface area (Å²) in [5.41, 5.74) is 0.0546. The van der Waals surface area contributed by atoms with Gasteiger partial charge in [-0.25, -0.2) is 0 Å². The van der Waals surface area contributed by atoms with E-state index >= 15 is 0 Å². The maximum atomic E-state index is 9.23. The highest BCUT2D eigenvalue weighted by Crippen LogP contribution is 2.07. The van der Waals surface area contributed by atoms with Crippen LogP contribution >= 0.6 is 0 Å². The average Bonchev–Trinajstić information content (AvgIpc) is 2.40. The summed E-state index contributed by atoms with van der Waals surface area (Å²) >= 11 is 0. The fraction of sp³-hybridized carbons (Fsp3) is 0.571. The van der Waals surface area contributed by atoms with Crippen LogP contribution in [0.4, 0.5) is 0 Å². The quantitative estimate of drug-likeness (QED) is 0.533. The smallest absolute Gasteiger partial charge is 0.0884 e. The molecule has 4 N–H and O–H groups in total. The Bertz CT molecular complexity index is 374. The minimum Gasteiger partial charge on any atom is -0.394 e. The standard InChI is InChI=1S/C14H25NO3Si/c1-19(2,3)13-6-4-12(5-7-13)8-15-14(9-16,10-17)11-18/h4-7,15-18H,8-11H2,1-3H3. The van der Waals surface area contributed by atoms with Crippen molar-refractivity contribution in [3.05, 3.63) is 29.8 Å². The lowest BCUT2D eigenvalue weighted by molar-refractivity contribution is 0.0414. The molecule has 0 aromatic heterocycles. The summed E-state index contributed by atoms with van der Waals surface area (Å²) in [5, 5.41) is 32.1. The molecule has 0 amide bonds. The predicted octanol–water partition coefficient (Wildman–Crippen LogP) is 0.0371. The highest BCUT2D eigenvalue weighted by Gasteiger charge is 2.27. The van der Waals surface area contributed by atoms with Gasteiger partial charge in [-0.3, -0.25) is 0 Å². The van der Waals surface area contributed by atoms with Gasteiger partial charge in [0.2, 0.25) is 0 Å². The first kappa shape index (κ1) is 16.3. The van der Waals surface area contributed by atoms with Gasteiger partial charge < -0.3 is 20.6 Å². The van der Waals surface area contributed by atoms with Crippen LogP contribution in [-0.2, 0) is 6.54 Å². The summed E-state index contributed by atoms with van der Waals surface area (Å²) in [4.78, 5) is 0. The van der Waals surface area contributed by atoms with Crippen molar-refractivity contribution in [2.45, 2.75) is 31.7 Å². The molecule has 0 saturated heterocycles. The number of aliphatic hydroxyl groups excluding tert-OH is 3. The van der Waals surface area contributed by atoms with Gasteiger partial charge in [-0.05, 0) is 5.56 Å². The molecule has 108 valence electrons. The second kappa shape index (κ2) is 6.63. The van der Waals surface area contributed by atoms with E-state index in [1.165, 1.54) is 5.19 Å². The molecule has 0 bridgehead atoms. The van der Waals surface area contributed by atoms with Crippen molar-refractivity contribution in [3.8, 4) is 0 Å². The van der Waals surface area contributed by atoms with Crippen LogP contribution in [0, 0.1) is 0 Å². The van der Waals surface area contributed by atoms with Crippen molar-refractivity contribution in [1.29, 1.82) is 0 Å². The molecule has 1 aromatic rings. The van der Waals surface area contributed by atoms with Crippen LogP contribution in [0.15, 0.2) is 24.3 Å². The third-order valence-electron chi connectivity index (χ3n) is 3.40. The topological polar surface area (TPSA) is 72.7 Å². The molecule has 1 rings (SSSR count). The molecule has 0 unspecified atom stereocenters. The lowest BCUT2D eigenvalue weighted by Crippen LogP contribution is -2.54. The molecule has 0 aliphatic rings. The molecule has 5 heteroatoms. The van der Waals surface area contributed by atoms with Crippen LogP contribution in [0.2, 0.25) is 19.6 Å². The monoisotopic (exact) mass is 283 g/mol. The molecule has 1 aromatic carbocycles. The number of aliphatic hydroxyl groups is 3. The zero-order valence-electron chi connectivity index (χ0n) is 12.0. The van der Waals surface area contributed by atoms with Gasteiger partial charge >= 0.3 is 0 Å². The summed E-state index contributed by atoms with van der Waals surface area (Å²) in [6, 6.07) is 8.39. The van der Waals surface area contributed by atoms with Gasteiger partial charge in [-0.2, -0.15) is 0 Å². The van der Waals surface area contributed by atoms with Gasteiger partial charge in [0.15, 0.2) is 0 Å². The van der Waals surface area contributed by atoms with Gasteiger partial charge in [0, 0.05) is 6.54 Å². The first-order valence-corrected chi connectivity index (χ1v) is 10.0. The van der Waals surface area contributed by atoms with E-state index in [1.54, 1.807) is 0 Å². The Labute approximate surface area is 116 Å². The third kappa shape index (κ3) is 4.40. The Hall–Kier alpha value is -0.723. The number of hydrogen-bond acceptors (Lipinski definition) is 4. The van der Waals surface area contributed by atoms with Crippen molar-refractivity contribution < 1.29 is 15.3 Å². The molecule has 0 fully saturated rings. The van der Waals surface area contributed by atoms with Crippen LogP contribution in [-0.4, -0.2) is 48.8 Å². The summed E-state index contributed by atoms with van der Waals surface area (Å²) < 4.78 is 0. The predicted molar refractivity (Wildman–Crippen MR) is 80.3 cm³/mol. The SMILES string of the molecule is C[Si](C)(C)c1ccc(CNC(CO)(CO)CO)cc1. The van der Waals surface area contributed by atoms with Crippen molar-refractivity contribution in [3.63, 3.8) is 0 Å². The van der Waals surface area contributed by atoms with Gasteiger partial charge in [-0.15, -0.1) is 0 Å². The largest absolute Gasteiger partial charge is 0.394 e. The highest BCUT2D eigenvalue weighted by molar-refractivity contribution is 6.88. The molecular weight excluding hydrogens is 258 g/mol. The van der Waals surface area contributed by atoms with Crippen LogP contribution in [0.25, 0.3) is 0 Å². The molecule has 0 aliphatic carbocycles. The van der Waals surface area contributed by atoms with Crippen molar-refractivity contribution >= 4 is 13.3 Å². The normalized spacial score (nSPS) is 12.7. The van der Waals surface area contributed by atoms with E-state index in [-0.39, 0.29) is 19.8 Å². The van der Waals surface area contributed by atoms with Crippen LogP contribution in [0.5, 0.6) is 0 Å². The molecule has 0 spiro atoms. The molecule has 19 heavy (non-hydrogen) atoms. The van der Waals surface area contributed by atoms with E-state index in [2.05, 4.69) is 49.2 Å².